The fraction of sp³-hybridized carbons (Fsp3) is 0.400. The average molecular weight is 311 g/mol. The quantitative estimate of drug-likeness (QED) is 0.892. The van der Waals surface area contributed by atoms with Crippen LogP contribution in [0.1, 0.15) is 29.9 Å². The molecular formula is C20H25NO2. The smallest absolute Gasteiger partial charge is 0.0901 e. The second-order valence-corrected chi connectivity index (χ2v) is 6.56. The Morgan fingerprint density at radius 3 is 1.78 bits per heavy atom. The summed E-state index contributed by atoms with van der Waals surface area (Å²) < 4.78 is 0. The molecule has 0 bridgehead atoms. The van der Waals surface area contributed by atoms with Gasteiger partial charge in [-0.1, -0.05) is 60.7 Å². The second kappa shape index (κ2) is 7.26. The van der Waals surface area contributed by atoms with Crippen LogP contribution in [0.15, 0.2) is 60.7 Å². The first-order valence-electron chi connectivity index (χ1n) is 8.36. The monoisotopic (exact) mass is 311 g/mol. The summed E-state index contributed by atoms with van der Waals surface area (Å²) in [6.07, 6.45) is 1.28. The van der Waals surface area contributed by atoms with Gasteiger partial charge in [0.05, 0.1) is 12.2 Å². The van der Waals surface area contributed by atoms with Crippen molar-refractivity contribution in [3.8, 4) is 0 Å². The van der Waals surface area contributed by atoms with E-state index >= 15 is 0 Å². The van der Waals surface area contributed by atoms with E-state index in [0.717, 1.165) is 19.6 Å². The van der Waals surface area contributed by atoms with Gasteiger partial charge in [0.1, 0.15) is 0 Å². The van der Waals surface area contributed by atoms with E-state index in [0.29, 0.717) is 18.8 Å². The minimum atomic E-state index is -0.883. The molecule has 2 N–H and O–H groups in total. The third-order valence-electron chi connectivity index (χ3n) is 4.93. The van der Waals surface area contributed by atoms with Crippen molar-refractivity contribution in [1.29, 1.82) is 0 Å². The number of piperidine rings is 1. The summed E-state index contributed by atoms with van der Waals surface area (Å²) in [5.74, 6) is 0.331. The molecule has 1 saturated heterocycles. The molecule has 1 aliphatic heterocycles. The maximum atomic E-state index is 10.2. The largest absolute Gasteiger partial charge is 0.393 e. The number of benzene rings is 2. The minimum Gasteiger partial charge on any atom is -0.393 e. The molecule has 122 valence electrons. The van der Waals surface area contributed by atoms with E-state index < -0.39 is 5.60 Å². The molecule has 0 amide bonds. The molecule has 3 rings (SSSR count). The van der Waals surface area contributed by atoms with Crippen LogP contribution in [0.2, 0.25) is 0 Å². The molecule has 1 fully saturated rings. The van der Waals surface area contributed by atoms with E-state index in [1.165, 1.54) is 11.1 Å². The van der Waals surface area contributed by atoms with Gasteiger partial charge in [0.15, 0.2) is 0 Å². The van der Waals surface area contributed by atoms with Crippen LogP contribution in [-0.4, -0.2) is 47.0 Å². The van der Waals surface area contributed by atoms with Crippen LogP contribution in [0.25, 0.3) is 0 Å². The first-order valence-corrected chi connectivity index (χ1v) is 8.36. The molecule has 2 aromatic carbocycles. The van der Waals surface area contributed by atoms with Crippen LogP contribution in [-0.2, 0) is 0 Å². The zero-order chi connectivity index (χ0) is 16.1. The summed E-state index contributed by atoms with van der Waals surface area (Å²) >= 11 is 0. The molecule has 0 radical (unpaired) electrons. The summed E-state index contributed by atoms with van der Waals surface area (Å²) in [5.41, 5.74) is 1.76. The van der Waals surface area contributed by atoms with Crippen LogP contribution in [0.3, 0.4) is 0 Å². The highest BCUT2D eigenvalue weighted by molar-refractivity contribution is 5.32. The zero-order valence-corrected chi connectivity index (χ0v) is 13.4. The first-order chi connectivity index (χ1) is 11.2. The Kier molecular flexibility index (Phi) is 5.11. The summed E-state index contributed by atoms with van der Waals surface area (Å²) in [5, 5.41) is 19.5. The Bertz CT molecular complexity index is 552. The normalized spacial score (nSPS) is 18.2. The fourth-order valence-electron chi connectivity index (χ4n) is 3.34. The van der Waals surface area contributed by atoms with Crippen LogP contribution in [0.5, 0.6) is 0 Å². The van der Waals surface area contributed by atoms with Gasteiger partial charge < -0.3 is 15.1 Å². The molecule has 0 aliphatic carbocycles. The van der Waals surface area contributed by atoms with E-state index in [-0.39, 0.29) is 6.61 Å². The predicted molar refractivity (Wildman–Crippen MR) is 92.4 cm³/mol. The summed E-state index contributed by atoms with van der Waals surface area (Å²) in [7, 11) is 0. The van der Waals surface area contributed by atoms with Crippen LogP contribution < -0.4 is 0 Å². The number of aliphatic hydroxyl groups excluding tert-OH is 1. The van der Waals surface area contributed by atoms with Gasteiger partial charge in [0.25, 0.3) is 0 Å². The van der Waals surface area contributed by atoms with Crippen LogP contribution in [0, 0.1) is 0 Å². The van der Waals surface area contributed by atoms with Gasteiger partial charge in [-0.05, 0) is 24.0 Å². The summed E-state index contributed by atoms with van der Waals surface area (Å²) in [4.78, 5) is 2.40. The Morgan fingerprint density at radius 1 is 0.870 bits per heavy atom. The van der Waals surface area contributed by atoms with Gasteiger partial charge in [0.2, 0.25) is 0 Å². The van der Waals surface area contributed by atoms with Gasteiger partial charge in [-0.25, -0.2) is 0 Å². The number of rotatable bonds is 5. The van der Waals surface area contributed by atoms with Gasteiger partial charge in [-0.15, -0.1) is 0 Å². The van der Waals surface area contributed by atoms with E-state index in [1.807, 2.05) is 12.1 Å². The first kappa shape index (κ1) is 16.2. The van der Waals surface area contributed by atoms with Crippen molar-refractivity contribution in [2.75, 3.05) is 26.2 Å². The molecule has 2 aromatic rings. The van der Waals surface area contributed by atoms with Crippen molar-refractivity contribution in [2.24, 2.45) is 0 Å². The van der Waals surface area contributed by atoms with E-state index in [9.17, 15) is 10.2 Å². The van der Waals surface area contributed by atoms with Gasteiger partial charge in [-0.3, -0.25) is 0 Å². The standard InChI is InChI=1S/C20H25NO2/c22-16-20(23)11-13-21(14-12-20)15-19(17-7-3-1-4-8-17)18-9-5-2-6-10-18/h1-10,19,22-23H,11-16H2. The topological polar surface area (TPSA) is 43.7 Å². The second-order valence-electron chi connectivity index (χ2n) is 6.56. The van der Waals surface area contributed by atoms with E-state index in [4.69, 9.17) is 0 Å². The molecule has 0 aromatic heterocycles. The Morgan fingerprint density at radius 2 is 1.35 bits per heavy atom. The Labute approximate surface area is 138 Å². The molecule has 3 heteroatoms. The number of aliphatic hydroxyl groups is 2. The Balaban J connectivity index is 1.76. The van der Waals surface area contributed by atoms with Crippen molar-refractivity contribution < 1.29 is 10.2 Å². The molecule has 1 aliphatic rings. The maximum Gasteiger partial charge on any atom is 0.0901 e. The highest BCUT2D eigenvalue weighted by atomic mass is 16.3. The summed E-state index contributed by atoms with van der Waals surface area (Å²) in [6.45, 7) is 2.46. The van der Waals surface area contributed by atoms with Gasteiger partial charge in [-0.2, -0.15) is 0 Å². The van der Waals surface area contributed by atoms with Gasteiger partial charge in [0, 0.05) is 25.6 Å². The number of hydrogen-bond acceptors (Lipinski definition) is 3. The molecule has 23 heavy (non-hydrogen) atoms. The highest BCUT2D eigenvalue weighted by Crippen LogP contribution is 2.28. The number of hydrogen-bond donors (Lipinski definition) is 2. The molecule has 0 saturated carbocycles. The average Bonchev–Trinajstić information content (AvgIpc) is 2.63. The minimum absolute atomic E-state index is 0.137. The highest BCUT2D eigenvalue weighted by Gasteiger charge is 2.32. The molecule has 3 nitrogen and oxygen atoms in total. The van der Waals surface area contributed by atoms with Crippen LogP contribution in [0.4, 0.5) is 0 Å². The lowest BCUT2D eigenvalue weighted by molar-refractivity contribution is -0.0596. The molecular weight excluding hydrogens is 286 g/mol. The zero-order valence-electron chi connectivity index (χ0n) is 13.4. The molecule has 1 heterocycles. The van der Waals surface area contributed by atoms with Crippen molar-refractivity contribution in [3.05, 3.63) is 71.8 Å². The summed E-state index contributed by atoms with van der Waals surface area (Å²) in [6, 6.07) is 21.2. The molecule has 0 spiro atoms. The molecule has 0 atom stereocenters. The lowest BCUT2D eigenvalue weighted by Gasteiger charge is -2.38. The van der Waals surface area contributed by atoms with Gasteiger partial charge >= 0.3 is 0 Å². The lowest BCUT2D eigenvalue weighted by atomic mass is 9.88. The molecule has 0 unspecified atom stereocenters. The number of likely N-dealkylation sites (tertiary alicyclic amines) is 1. The number of nitrogens with zero attached hydrogens (tertiary/aromatic N) is 1. The maximum absolute atomic E-state index is 10.2. The van der Waals surface area contributed by atoms with Crippen molar-refractivity contribution in [2.45, 2.75) is 24.4 Å². The van der Waals surface area contributed by atoms with Crippen molar-refractivity contribution in [1.82, 2.24) is 4.90 Å². The van der Waals surface area contributed by atoms with E-state index in [2.05, 4.69) is 53.4 Å². The van der Waals surface area contributed by atoms with Crippen molar-refractivity contribution in [3.63, 3.8) is 0 Å². The van der Waals surface area contributed by atoms with E-state index in [1.54, 1.807) is 0 Å². The third-order valence-corrected chi connectivity index (χ3v) is 4.93. The van der Waals surface area contributed by atoms with Crippen molar-refractivity contribution >= 4 is 0 Å². The fourth-order valence-corrected chi connectivity index (χ4v) is 3.34. The Hall–Kier alpha value is -1.68. The third kappa shape index (κ3) is 3.99. The SMILES string of the molecule is OCC1(O)CCN(CC(c2ccccc2)c2ccccc2)CC1. The van der Waals surface area contributed by atoms with Crippen LogP contribution >= 0.6 is 0 Å². The predicted octanol–water partition coefficient (Wildman–Crippen LogP) is 2.64. The lowest BCUT2D eigenvalue weighted by Crippen LogP contribution is -2.47.